The number of nitrogens with one attached hydrogen (secondary N) is 1. The van der Waals surface area contributed by atoms with Crippen LogP contribution in [-0.2, 0) is 4.79 Å². The van der Waals surface area contributed by atoms with E-state index >= 15 is 0 Å². The zero-order chi connectivity index (χ0) is 32.2. The van der Waals surface area contributed by atoms with Crippen LogP contribution in [0.25, 0.3) is 33.5 Å². The van der Waals surface area contributed by atoms with Crippen LogP contribution in [0.1, 0.15) is 12.5 Å². The molecular formula is C33H24FN5O7. The molecule has 2 heterocycles. The number of nitrogens with zero attached hydrogens (tertiary/aromatic N) is 4. The number of benzene rings is 4. The van der Waals surface area contributed by atoms with Crippen LogP contribution in [0.5, 0.6) is 11.5 Å². The maximum atomic E-state index is 14.0. The molecule has 0 saturated heterocycles. The highest BCUT2D eigenvalue weighted by Crippen LogP contribution is 2.38. The Kier molecular flexibility index (Phi) is 8.20. The minimum atomic E-state index is -0.742. The summed E-state index contributed by atoms with van der Waals surface area (Å²) >= 11 is 0. The molecule has 0 aliphatic carbocycles. The Morgan fingerprint density at radius 2 is 1.83 bits per heavy atom. The van der Waals surface area contributed by atoms with Crippen molar-refractivity contribution in [3.8, 4) is 23.1 Å². The minimum Gasteiger partial charge on any atom is -0.490 e. The Labute approximate surface area is 259 Å². The molecule has 6 aromatic rings. The fraction of sp³-hybridized carbons (Fsp3) is 0.0909. The van der Waals surface area contributed by atoms with Gasteiger partial charge in [0.05, 0.1) is 34.3 Å². The number of aromatic nitrogens is 2. The van der Waals surface area contributed by atoms with Crippen molar-refractivity contribution in [1.29, 1.82) is 0 Å². The van der Waals surface area contributed by atoms with Crippen molar-refractivity contribution in [2.45, 2.75) is 6.92 Å². The van der Waals surface area contributed by atoms with Crippen LogP contribution in [0.3, 0.4) is 0 Å². The summed E-state index contributed by atoms with van der Waals surface area (Å²) in [7, 11) is 0. The Morgan fingerprint density at radius 1 is 1.07 bits per heavy atom. The third-order valence-corrected chi connectivity index (χ3v) is 6.77. The van der Waals surface area contributed by atoms with Crippen LogP contribution < -0.4 is 20.3 Å². The molecule has 13 heteroatoms. The number of ether oxygens (including phenoxy) is 2. The Morgan fingerprint density at radius 3 is 2.61 bits per heavy atom. The monoisotopic (exact) mass is 621 g/mol. The molecule has 230 valence electrons. The number of fused-ring (bicyclic) bond motifs is 2. The van der Waals surface area contributed by atoms with E-state index in [9.17, 15) is 24.1 Å². The SMILES string of the molecule is CCOc1cc(C=Nn2c(-c3cc4ccccc4o3)nc3ccccc3c2=O)cc([N+](=O)[O-])c1OCC(=O)Nc1ccccc1F. The highest BCUT2D eigenvalue weighted by atomic mass is 19.1. The number of nitro groups is 1. The lowest BCUT2D eigenvalue weighted by Gasteiger charge is -2.13. The standard InChI is InChI=1S/C33H24FN5O7/c1-2-44-28-16-20(15-26(39(42)43)31(28)45-19-30(40)36-25-13-7-5-11-23(25)34)18-35-38-32(29-17-21-9-3-8-14-27(21)46-29)37-24-12-6-4-10-22(24)33(38)41/h3-18H,2,19H2,1H3,(H,36,40). The number of amides is 1. The van der Waals surface area contributed by atoms with Crippen LogP contribution in [-0.4, -0.2) is 39.9 Å². The number of para-hydroxylation sites is 3. The molecule has 0 atom stereocenters. The number of rotatable bonds is 10. The molecule has 1 amide bonds. The van der Waals surface area contributed by atoms with Gasteiger partial charge in [-0.2, -0.15) is 9.78 Å². The Balaban J connectivity index is 1.37. The fourth-order valence-electron chi connectivity index (χ4n) is 4.72. The zero-order valence-corrected chi connectivity index (χ0v) is 24.2. The lowest BCUT2D eigenvalue weighted by Crippen LogP contribution is -2.21. The molecule has 2 aromatic heterocycles. The van der Waals surface area contributed by atoms with Gasteiger partial charge >= 0.3 is 5.69 Å². The van der Waals surface area contributed by atoms with E-state index in [2.05, 4.69) is 15.4 Å². The molecule has 0 bridgehead atoms. The molecule has 0 aliphatic heterocycles. The molecule has 0 fully saturated rings. The fourth-order valence-corrected chi connectivity index (χ4v) is 4.72. The summed E-state index contributed by atoms with van der Waals surface area (Å²) in [6, 6.07) is 24.0. The third-order valence-electron chi connectivity index (χ3n) is 6.77. The van der Waals surface area contributed by atoms with E-state index in [1.54, 1.807) is 49.4 Å². The van der Waals surface area contributed by atoms with E-state index < -0.39 is 34.5 Å². The number of hydrogen-bond acceptors (Lipinski definition) is 9. The van der Waals surface area contributed by atoms with E-state index in [1.165, 1.54) is 30.5 Å². The molecule has 0 aliphatic rings. The second-order valence-electron chi connectivity index (χ2n) is 9.84. The largest absolute Gasteiger partial charge is 0.490 e. The van der Waals surface area contributed by atoms with E-state index in [0.717, 1.165) is 16.1 Å². The Bertz CT molecular complexity index is 2180. The van der Waals surface area contributed by atoms with Gasteiger partial charge in [-0.25, -0.2) is 9.37 Å². The molecule has 4 aromatic carbocycles. The average Bonchev–Trinajstić information content (AvgIpc) is 3.49. The van der Waals surface area contributed by atoms with Gasteiger partial charge in [-0.15, -0.1) is 0 Å². The van der Waals surface area contributed by atoms with Gasteiger partial charge in [-0.3, -0.25) is 19.7 Å². The van der Waals surface area contributed by atoms with Crippen LogP contribution >= 0.6 is 0 Å². The molecule has 6 rings (SSSR count). The van der Waals surface area contributed by atoms with Gasteiger partial charge in [0.15, 0.2) is 18.1 Å². The molecule has 1 N–H and O–H groups in total. The summed E-state index contributed by atoms with van der Waals surface area (Å²) in [5.41, 5.74) is 0.136. The normalized spacial score (nSPS) is 11.3. The maximum Gasteiger partial charge on any atom is 0.315 e. The first kappa shape index (κ1) is 29.7. The van der Waals surface area contributed by atoms with Crippen molar-refractivity contribution in [2.24, 2.45) is 5.10 Å². The maximum absolute atomic E-state index is 14.0. The van der Waals surface area contributed by atoms with Gasteiger partial charge in [0, 0.05) is 17.0 Å². The van der Waals surface area contributed by atoms with Crippen molar-refractivity contribution in [3.05, 3.63) is 123 Å². The van der Waals surface area contributed by atoms with Gasteiger partial charge in [0.1, 0.15) is 11.4 Å². The minimum absolute atomic E-state index is 0.0432. The van der Waals surface area contributed by atoms with Crippen molar-refractivity contribution in [3.63, 3.8) is 0 Å². The summed E-state index contributed by atoms with van der Waals surface area (Å²) in [6.07, 6.45) is 1.24. The second-order valence-corrected chi connectivity index (χ2v) is 9.84. The van der Waals surface area contributed by atoms with Gasteiger partial charge in [0.25, 0.3) is 11.5 Å². The highest BCUT2D eigenvalue weighted by Gasteiger charge is 2.24. The van der Waals surface area contributed by atoms with Crippen molar-refractivity contribution in [2.75, 3.05) is 18.5 Å². The molecule has 46 heavy (non-hydrogen) atoms. The molecule has 0 saturated carbocycles. The quantitative estimate of drug-likeness (QED) is 0.109. The smallest absolute Gasteiger partial charge is 0.315 e. The average molecular weight is 622 g/mol. The van der Waals surface area contributed by atoms with E-state index in [4.69, 9.17) is 13.9 Å². The van der Waals surface area contributed by atoms with Gasteiger partial charge in [0.2, 0.25) is 11.6 Å². The lowest BCUT2D eigenvalue weighted by atomic mass is 10.2. The molecule has 0 radical (unpaired) electrons. The summed E-state index contributed by atoms with van der Waals surface area (Å²) < 4.78 is 32.1. The van der Waals surface area contributed by atoms with Crippen LogP contribution in [0.4, 0.5) is 15.8 Å². The van der Waals surface area contributed by atoms with E-state index in [0.29, 0.717) is 22.2 Å². The number of furan rings is 1. The molecule has 0 unspecified atom stereocenters. The van der Waals surface area contributed by atoms with E-state index in [-0.39, 0.29) is 35.2 Å². The second kappa shape index (κ2) is 12.7. The summed E-state index contributed by atoms with van der Waals surface area (Å²) in [5.74, 6) is -1.33. The number of hydrogen-bond donors (Lipinski definition) is 1. The van der Waals surface area contributed by atoms with Crippen LogP contribution in [0.15, 0.2) is 105 Å². The predicted molar refractivity (Wildman–Crippen MR) is 169 cm³/mol. The van der Waals surface area contributed by atoms with Crippen LogP contribution in [0.2, 0.25) is 0 Å². The number of halogens is 1. The van der Waals surface area contributed by atoms with Crippen molar-refractivity contribution < 1.29 is 28.0 Å². The van der Waals surface area contributed by atoms with Gasteiger partial charge in [-0.1, -0.05) is 42.5 Å². The van der Waals surface area contributed by atoms with Crippen molar-refractivity contribution >= 4 is 45.4 Å². The zero-order valence-electron chi connectivity index (χ0n) is 24.2. The van der Waals surface area contributed by atoms with Gasteiger partial charge in [-0.05, 0) is 49.4 Å². The first-order valence-corrected chi connectivity index (χ1v) is 14.0. The highest BCUT2D eigenvalue weighted by molar-refractivity contribution is 5.92. The number of nitro benzene ring substituents is 1. The first-order chi connectivity index (χ1) is 22.3. The molecule has 12 nitrogen and oxygen atoms in total. The lowest BCUT2D eigenvalue weighted by molar-refractivity contribution is -0.385. The molecular weight excluding hydrogens is 597 g/mol. The van der Waals surface area contributed by atoms with Crippen molar-refractivity contribution in [1.82, 2.24) is 9.66 Å². The first-order valence-electron chi connectivity index (χ1n) is 14.0. The number of carbonyl (C=O) groups is 1. The number of carbonyl (C=O) groups excluding carboxylic acids is 1. The van der Waals surface area contributed by atoms with E-state index in [1.807, 2.05) is 18.2 Å². The third kappa shape index (κ3) is 6.01. The Hall–Kier alpha value is -6.37. The van der Waals surface area contributed by atoms with Gasteiger partial charge < -0.3 is 19.2 Å². The predicted octanol–water partition coefficient (Wildman–Crippen LogP) is 6.16. The summed E-state index contributed by atoms with van der Waals surface area (Å²) in [5, 5.41) is 19.9. The number of anilines is 1. The van der Waals surface area contributed by atoms with Crippen LogP contribution in [0, 0.1) is 15.9 Å². The summed E-state index contributed by atoms with van der Waals surface area (Å²) in [4.78, 5) is 42.1. The topological polar surface area (TPSA) is 151 Å². The summed E-state index contributed by atoms with van der Waals surface area (Å²) in [6.45, 7) is 1.11. The molecule has 0 spiro atoms.